The third-order valence-corrected chi connectivity index (χ3v) is 12.6. The van der Waals surface area contributed by atoms with Crippen LogP contribution >= 0.6 is 0 Å². The Kier molecular flexibility index (Phi) is 28.1. The fraction of sp³-hybridized carbons (Fsp3) is 0.609. The number of hydrogen-bond donors (Lipinski definition) is 8. The van der Waals surface area contributed by atoms with Crippen molar-refractivity contribution in [3.05, 3.63) is 59.1 Å². The van der Waals surface area contributed by atoms with Crippen LogP contribution in [0.15, 0.2) is 73.7 Å². The van der Waals surface area contributed by atoms with Gasteiger partial charge in [-0.3, -0.25) is 14.4 Å². The molecule has 2 heterocycles. The van der Waals surface area contributed by atoms with Crippen LogP contribution in [-0.4, -0.2) is 103 Å². The predicted molar refractivity (Wildman–Crippen MR) is 254 cm³/mol. The van der Waals surface area contributed by atoms with Crippen LogP contribution in [0.2, 0.25) is 0 Å². The second-order valence-electron chi connectivity index (χ2n) is 17.4. The molecule has 1 aromatic rings. The summed E-state index contributed by atoms with van der Waals surface area (Å²) in [5, 5.41) is 80.8. The molecule has 3 saturated carbocycles. The first-order valence-corrected chi connectivity index (χ1v) is 22.7. The molecule has 2 aliphatic heterocycles. The minimum atomic E-state index is -0.651. The third kappa shape index (κ3) is 18.2. The number of phenolic OH excluding ortho intramolecular Hbond substituents is 1. The van der Waals surface area contributed by atoms with Crippen LogP contribution in [-0.2, 0) is 54.7 Å². The number of rotatable bonds is 12. The number of aromatic hydroxyl groups is 1. The maximum atomic E-state index is 12.4. The van der Waals surface area contributed by atoms with E-state index in [2.05, 4.69) is 47.1 Å². The van der Waals surface area contributed by atoms with Gasteiger partial charge in [-0.05, 0) is 90.3 Å². The summed E-state index contributed by atoms with van der Waals surface area (Å²) in [6.07, 6.45) is 15.9. The average Bonchev–Trinajstić information content (AvgIpc) is 3.31. The molecule has 22 heteroatoms. The van der Waals surface area contributed by atoms with Crippen molar-refractivity contribution in [2.24, 2.45) is 43.3 Å². The minimum absolute atomic E-state index is 0. The molecule has 0 radical (unpaired) electrons. The summed E-state index contributed by atoms with van der Waals surface area (Å²) < 4.78 is 0. The van der Waals surface area contributed by atoms with Crippen molar-refractivity contribution in [1.29, 1.82) is 0 Å². The molecule has 1 aromatic carbocycles. The van der Waals surface area contributed by atoms with Gasteiger partial charge in [0.25, 0.3) is 5.91 Å². The molecule has 1 saturated heterocycles. The van der Waals surface area contributed by atoms with Gasteiger partial charge in [-0.15, -0.1) is 0 Å². The number of aliphatic hydroxyl groups is 3. The number of piperidine rings is 1. The largest absolute Gasteiger partial charge is 1.00 e. The zero-order valence-corrected chi connectivity index (χ0v) is 41.1. The van der Waals surface area contributed by atoms with E-state index in [1.165, 1.54) is 12.1 Å². The zero-order chi connectivity index (χ0) is 46.2. The van der Waals surface area contributed by atoms with Crippen molar-refractivity contribution in [3.63, 3.8) is 0 Å². The molecule has 20 nitrogen and oxygen atoms in total. The van der Waals surface area contributed by atoms with Crippen molar-refractivity contribution in [2.75, 3.05) is 0 Å². The number of benzene rings is 1. The van der Waals surface area contributed by atoms with Crippen molar-refractivity contribution in [3.8, 4) is 5.75 Å². The third-order valence-electron chi connectivity index (χ3n) is 12.6. The Morgan fingerprint density at radius 1 is 0.647 bits per heavy atom. The number of dihydropyridines is 1. The molecule has 0 aromatic heterocycles. The monoisotopic (exact) mass is 1050 g/mol. The van der Waals surface area contributed by atoms with E-state index in [-0.39, 0.29) is 86.3 Å². The predicted octanol–water partition coefficient (Wildman–Crippen LogP) is 2.11. The number of hydrogen-bond acceptors (Lipinski definition) is 14. The Balaban J connectivity index is 0.000000642. The van der Waals surface area contributed by atoms with E-state index in [9.17, 15) is 39.9 Å². The van der Waals surface area contributed by atoms with Gasteiger partial charge in [-0.2, -0.15) is 25.5 Å². The van der Waals surface area contributed by atoms with Crippen molar-refractivity contribution in [2.45, 2.75) is 160 Å². The van der Waals surface area contributed by atoms with E-state index in [0.717, 1.165) is 69.2 Å². The first-order valence-electron chi connectivity index (χ1n) is 22.7. The number of carbonyl (C=O) groups is 3. The van der Waals surface area contributed by atoms with Crippen LogP contribution in [0.5, 0.6) is 5.75 Å². The van der Waals surface area contributed by atoms with Gasteiger partial charge >= 0.3 is 34.1 Å². The van der Waals surface area contributed by atoms with Crippen molar-refractivity contribution >= 4 is 46.5 Å². The summed E-state index contributed by atoms with van der Waals surface area (Å²) in [4.78, 5) is 37.0. The number of amides is 3. The Morgan fingerprint density at radius 2 is 1.12 bits per heavy atom. The molecule has 5 aliphatic rings. The maximum absolute atomic E-state index is 12.4. The molecule has 3 amide bonds. The number of phenols is 1. The molecule has 386 valence electrons. The van der Waals surface area contributed by atoms with Crippen LogP contribution in [0.25, 0.3) is 5.32 Å². The van der Waals surface area contributed by atoms with Gasteiger partial charge in [-0.25, -0.2) is 16.3 Å². The van der Waals surface area contributed by atoms with Crippen LogP contribution in [0.3, 0.4) is 0 Å². The fourth-order valence-electron chi connectivity index (χ4n) is 8.52. The quantitative estimate of drug-likeness (QED) is 0.0499. The van der Waals surface area contributed by atoms with Crippen molar-refractivity contribution < 1.29 is 85.0 Å². The van der Waals surface area contributed by atoms with Gasteiger partial charge in [0, 0.05) is 17.3 Å². The molecule has 68 heavy (non-hydrogen) atoms. The first-order chi connectivity index (χ1) is 30.7. The summed E-state index contributed by atoms with van der Waals surface area (Å²) in [7, 11) is 0. The SMILES string of the molecule is CC(=N/N=C(\[O-])C1CCCCC1O)C1=CC=CC(C(C)=NNC(=O)c2ccccc2O)N1.CC(=NNC(=O)C1CCCCC1O)C1CCCC(C(C)=NNC(=O)C2CCCCC2O)[N-]1.[Cu+].[Cu+].[OH3+].[OH3+]. The van der Waals surface area contributed by atoms with Gasteiger partial charge in [-0.1, -0.05) is 94.2 Å². The number of hydrazone groups is 3. The number of allylic oxidation sites excluding steroid dienone is 3. The fourth-order valence-corrected chi connectivity index (χ4v) is 8.52. The van der Waals surface area contributed by atoms with Gasteiger partial charge in [0.1, 0.15) is 5.75 Å². The summed E-state index contributed by atoms with van der Waals surface area (Å²) in [5.74, 6) is -2.76. The van der Waals surface area contributed by atoms with E-state index >= 15 is 0 Å². The minimum Gasteiger partial charge on any atom is -0.860 e. The first kappa shape index (κ1) is 61.7. The van der Waals surface area contributed by atoms with E-state index in [0.29, 0.717) is 55.6 Å². The Morgan fingerprint density at radius 3 is 1.62 bits per heavy atom. The van der Waals surface area contributed by atoms with Gasteiger partial charge in [0.15, 0.2) is 0 Å². The molecule has 6 rings (SSSR count). The summed E-state index contributed by atoms with van der Waals surface area (Å²) >= 11 is 0. The van der Waals surface area contributed by atoms with E-state index in [1.54, 1.807) is 32.1 Å². The smallest absolute Gasteiger partial charge is 0.860 e. The van der Waals surface area contributed by atoms with Crippen LogP contribution in [0.1, 0.15) is 134 Å². The van der Waals surface area contributed by atoms with Crippen molar-refractivity contribution in [1.82, 2.24) is 21.6 Å². The summed E-state index contributed by atoms with van der Waals surface area (Å²) in [6, 6.07) is 5.68. The van der Waals surface area contributed by atoms with E-state index < -0.39 is 47.9 Å². The summed E-state index contributed by atoms with van der Waals surface area (Å²) in [6.45, 7) is 7.19. The van der Waals surface area contributed by atoms with Crippen LogP contribution < -0.4 is 26.7 Å². The molecule has 9 atom stereocenters. The zero-order valence-electron chi connectivity index (χ0n) is 39.2. The normalized spacial score (nSPS) is 27.8. The molecule has 14 N–H and O–H groups in total. The maximum Gasteiger partial charge on any atom is 1.00 e. The Bertz CT molecular complexity index is 1960. The second-order valence-corrected chi connectivity index (χ2v) is 17.4. The number of para-hydroxylation sites is 1. The van der Waals surface area contributed by atoms with Crippen LogP contribution in [0, 0.1) is 17.8 Å². The number of nitrogens with zero attached hydrogens (tertiary/aromatic N) is 6. The Hall–Kier alpha value is -4.34. The van der Waals surface area contributed by atoms with E-state index in [1.807, 2.05) is 26.0 Å². The molecule has 9 unspecified atom stereocenters. The number of nitrogens with one attached hydrogen (secondary N) is 4. The van der Waals surface area contributed by atoms with Crippen LogP contribution in [0.4, 0.5) is 0 Å². The second kappa shape index (κ2) is 31.0. The number of aliphatic hydroxyl groups excluding tert-OH is 3. The van der Waals surface area contributed by atoms with Gasteiger partial charge in [0.2, 0.25) is 11.8 Å². The molecule has 0 spiro atoms. The average molecular weight is 1050 g/mol. The van der Waals surface area contributed by atoms with E-state index in [4.69, 9.17) is 5.32 Å². The molecular weight excluding hydrogens is 980 g/mol. The molecular formula is C46H72Cu2N10O10+2. The molecule has 3 aliphatic carbocycles. The molecule has 0 bridgehead atoms. The van der Waals surface area contributed by atoms with Gasteiger partial charge in [0.05, 0.1) is 58.9 Å². The Labute approximate surface area is 419 Å². The number of carbonyl (C=O) groups excluding carboxylic acids is 3. The molecule has 4 fully saturated rings. The van der Waals surface area contributed by atoms with Gasteiger partial charge < -0.3 is 47.1 Å². The topological polar surface area (TPSA) is 345 Å². The summed E-state index contributed by atoms with van der Waals surface area (Å²) in [5.41, 5.74) is 11.1. The standard InChI is InChI=1S/C23H38N5O4.C23H29N5O4.2Cu.2H2O/c2*1-14(25-27-22(31)16-8-3-5-12-20(16)29)18-10-7-11-19(24-18)15(2)26-28-23(32)17-9-4-6-13-21(17)30;;;;/h16-21,29-30H,3-13H2,1-2H3,(H,27,31)(H,28,32);3,5,7-8,10-12,17-18,21,24,29-30H,4,6,9,13H2,1-2H3,(H,27,31)(H,28,32);;;2*1H2/q-1;;2*+1;;/p+1.